The smallest absolute Gasteiger partial charge is 0.156 e. The van der Waals surface area contributed by atoms with Gasteiger partial charge in [0.05, 0.1) is 17.6 Å². The van der Waals surface area contributed by atoms with Gasteiger partial charge in [0.2, 0.25) is 0 Å². The van der Waals surface area contributed by atoms with Gasteiger partial charge in [-0.25, -0.2) is 9.50 Å². The first-order chi connectivity index (χ1) is 15.2. The van der Waals surface area contributed by atoms with E-state index in [-0.39, 0.29) is 0 Å². The van der Waals surface area contributed by atoms with Gasteiger partial charge in [0.25, 0.3) is 0 Å². The van der Waals surface area contributed by atoms with Crippen molar-refractivity contribution >= 4 is 11.3 Å². The van der Waals surface area contributed by atoms with Crippen molar-refractivity contribution in [1.82, 2.24) is 24.5 Å². The van der Waals surface area contributed by atoms with Gasteiger partial charge in [-0.15, -0.1) is 0 Å². The monoisotopic (exact) mass is 412 g/mol. The van der Waals surface area contributed by atoms with Crippen molar-refractivity contribution in [2.45, 2.75) is 38.8 Å². The van der Waals surface area contributed by atoms with Gasteiger partial charge in [-0.2, -0.15) is 5.10 Å². The molecular weight excluding hydrogens is 384 g/mol. The Labute approximate surface area is 183 Å². The highest BCUT2D eigenvalue weighted by atomic mass is 15.3. The standard InChI is InChI=1S/C25H28N6/c1-19-7-5-11-23(27-19)17-30-14-6-10-21(16-30)25-28-24-13-12-22(18-31(24)29-25)26-15-20-8-3-2-4-9-20/h2-5,7-9,11-13,18,21,26H,6,10,14-17H2,1H3. The maximum atomic E-state index is 4.83. The number of anilines is 1. The maximum absolute atomic E-state index is 4.83. The summed E-state index contributed by atoms with van der Waals surface area (Å²) in [5.74, 6) is 1.31. The molecule has 3 aromatic heterocycles. The van der Waals surface area contributed by atoms with Gasteiger partial charge >= 0.3 is 0 Å². The second-order valence-electron chi connectivity index (χ2n) is 8.37. The van der Waals surface area contributed by atoms with Gasteiger partial charge < -0.3 is 5.32 Å². The molecule has 1 fully saturated rings. The quantitative estimate of drug-likeness (QED) is 0.508. The summed E-state index contributed by atoms with van der Waals surface area (Å²) in [6.07, 6.45) is 4.33. The highest BCUT2D eigenvalue weighted by molar-refractivity contribution is 5.49. The third-order valence-electron chi connectivity index (χ3n) is 5.89. The van der Waals surface area contributed by atoms with E-state index >= 15 is 0 Å². The molecule has 0 spiro atoms. The number of aryl methyl sites for hydroxylation is 1. The highest BCUT2D eigenvalue weighted by Crippen LogP contribution is 2.26. The molecule has 5 rings (SSSR count). The summed E-state index contributed by atoms with van der Waals surface area (Å²) in [4.78, 5) is 12.0. The molecule has 0 saturated carbocycles. The summed E-state index contributed by atoms with van der Waals surface area (Å²) in [5.41, 5.74) is 5.41. The van der Waals surface area contributed by atoms with Gasteiger partial charge in [-0.3, -0.25) is 9.88 Å². The fraction of sp³-hybridized carbons (Fsp3) is 0.320. The minimum absolute atomic E-state index is 0.360. The summed E-state index contributed by atoms with van der Waals surface area (Å²) in [7, 11) is 0. The van der Waals surface area contributed by atoms with Gasteiger partial charge in [0.1, 0.15) is 0 Å². The Balaban J connectivity index is 1.27. The van der Waals surface area contributed by atoms with Crippen LogP contribution in [0.1, 0.15) is 41.5 Å². The first-order valence-corrected chi connectivity index (χ1v) is 11.0. The molecule has 1 atom stereocenters. The Hall–Kier alpha value is -3.25. The predicted octanol–water partition coefficient (Wildman–Crippen LogP) is 4.42. The average molecular weight is 413 g/mol. The molecule has 4 heterocycles. The summed E-state index contributed by atoms with van der Waals surface area (Å²) in [5, 5.41) is 8.31. The number of rotatable bonds is 6. The molecule has 6 nitrogen and oxygen atoms in total. The molecular formula is C25H28N6. The number of aromatic nitrogens is 4. The first kappa shape index (κ1) is 19.7. The van der Waals surface area contributed by atoms with E-state index in [0.717, 1.165) is 67.6 Å². The second kappa shape index (κ2) is 8.86. The molecule has 1 N–H and O–H groups in total. The lowest BCUT2D eigenvalue weighted by Crippen LogP contribution is -2.34. The van der Waals surface area contributed by atoms with E-state index in [1.165, 1.54) is 5.56 Å². The van der Waals surface area contributed by atoms with Crippen LogP contribution >= 0.6 is 0 Å². The molecule has 1 aliphatic rings. The van der Waals surface area contributed by atoms with E-state index in [4.69, 9.17) is 10.1 Å². The number of piperidine rings is 1. The Kier molecular flexibility index (Phi) is 5.63. The number of hydrogen-bond acceptors (Lipinski definition) is 5. The molecule has 158 valence electrons. The van der Waals surface area contributed by atoms with E-state index in [1.807, 2.05) is 35.8 Å². The number of hydrogen-bond donors (Lipinski definition) is 1. The summed E-state index contributed by atoms with van der Waals surface area (Å²) in [6.45, 7) is 5.81. The number of pyridine rings is 2. The number of fused-ring (bicyclic) bond motifs is 1. The Bertz CT molecular complexity index is 1150. The maximum Gasteiger partial charge on any atom is 0.156 e. The molecule has 6 heteroatoms. The zero-order valence-electron chi connectivity index (χ0n) is 17.9. The topological polar surface area (TPSA) is 58.4 Å². The summed E-state index contributed by atoms with van der Waals surface area (Å²) in [6, 6.07) is 20.8. The fourth-order valence-corrected chi connectivity index (χ4v) is 4.30. The first-order valence-electron chi connectivity index (χ1n) is 11.0. The van der Waals surface area contributed by atoms with Gasteiger partial charge in [0.15, 0.2) is 11.5 Å². The second-order valence-corrected chi connectivity index (χ2v) is 8.37. The molecule has 31 heavy (non-hydrogen) atoms. The minimum atomic E-state index is 0.360. The lowest BCUT2D eigenvalue weighted by molar-refractivity contribution is 0.194. The lowest BCUT2D eigenvalue weighted by atomic mass is 9.97. The van der Waals surface area contributed by atoms with Gasteiger partial charge in [-0.05, 0) is 56.1 Å². The SMILES string of the molecule is Cc1cccc(CN2CCCC(c3nc4ccc(NCc5ccccc5)cn4n3)C2)n1. The molecule has 1 aromatic carbocycles. The van der Waals surface area contributed by atoms with Crippen LogP contribution in [-0.4, -0.2) is 37.6 Å². The van der Waals surface area contributed by atoms with Crippen molar-refractivity contribution in [3.8, 4) is 0 Å². The van der Waals surface area contributed by atoms with Crippen LogP contribution in [0, 0.1) is 6.92 Å². The number of likely N-dealkylation sites (tertiary alicyclic amines) is 1. The molecule has 4 aromatic rings. The number of nitrogens with zero attached hydrogens (tertiary/aromatic N) is 5. The normalized spacial score (nSPS) is 17.1. The molecule has 0 aliphatic carbocycles. The minimum Gasteiger partial charge on any atom is -0.380 e. The van der Waals surface area contributed by atoms with Crippen LogP contribution in [0.4, 0.5) is 5.69 Å². The van der Waals surface area contributed by atoms with Crippen LogP contribution in [0.3, 0.4) is 0 Å². The fourth-order valence-electron chi connectivity index (χ4n) is 4.30. The predicted molar refractivity (Wildman–Crippen MR) is 123 cm³/mol. The van der Waals surface area contributed by atoms with E-state index in [2.05, 4.69) is 57.7 Å². The molecule has 1 unspecified atom stereocenters. The lowest BCUT2D eigenvalue weighted by Gasteiger charge is -2.31. The van der Waals surface area contributed by atoms with Crippen LogP contribution in [0.15, 0.2) is 66.9 Å². The largest absolute Gasteiger partial charge is 0.380 e. The van der Waals surface area contributed by atoms with E-state index in [0.29, 0.717) is 5.92 Å². The van der Waals surface area contributed by atoms with Crippen LogP contribution in [0.5, 0.6) is 0 Å². The van der Waals surface area contributed by atoms with Crippen LogP contribution in [0.2, 0.25) is 0 Å². The van der Waals surface area contributed by atoms with Gasteiger partial charge in [0, 0.05) is 31.2 Å². The van der Waals surface area contributed by atoms with Crippen molar-refractivity contribution in [1.29, 1.82) is 0 Å². The molecule has 0 amide bonds. The molecule has 1 aliphatic heterocycles. The molecule has 1 saturated heterocycles. The zero-order chi connectivity index (χ0) is 21.0. The molecule has 0 bridgehead atoms. The number of benzene rings is 1. The van der Waals surface area contributed by atoms with E-state index < -0.39 is 0 Å². The van der Waals surface area contributed by atoms with Crippen LogP contribution in [0.25, 0.3) is 5.65 Å². The van der Waals surface area contributed by atoms with Crippen LogP contribution < -0.4 is 5.32 Å². The van der Waals surface area contributed by atoms with Crippen molar-refractivity contribution in [2.24, 2.45) is 0 Å². The summed E-state index contributed by atoms with van der Waals surface area (Å²) >= 11 is 0. The van der Waals surface area contributed by atoms with E-state index in [1.54, 1.807) is 0 Å². The van der Waals surface area contributed by atoms with Gasteiger partial charge in [-0.1, -0.05) is 36.4 Å². The highest BCUT2D eigenvalue weighted by Gasteiger charge is 2.25. The van der Waals surface area contributed by atoms with Crippen molar-refractivity contribution < 1.29 is 0 Å². The van der Waals surface area contributed by atoms with Crippen LogP contribution in [-0.2, 0) is 13.1 Å². The Morgan fingerprint density at radius 1 is 1.00 bits per heavy atom. The molecule has 0 radical (unpaired) electrons. The summed E-state index contributed by atoms with van der Waals surface area (Å²) < 4.78 is 1.91. The third-order valence-corrected chi connectivity index (χ3v) is 5.89. The van der Waals surface area contributed by atoms with Crippen molar-refractivity contribution in [3.63, 3.8) is 0 Å². The Morgan fingerprint density at radius 3 is 2.77 bits per heavy atom. The van der Waals surface area contributed by atoms with Crippen molar-refractivity contribution in [3.05, 3.63) is 89.6 Å². The zero-order valence-corrected chi connectivity index (χ0v) is 17.9. The average Bonchev–Trinajstić information content (AvgIpc) is 3.22. The Morgan fingerprint density at radius 2 is 1.90 bits per heavy atom. The number of nitrogens with one attached hydrogen (secondary N) is 1. The third kappa shape index (κ3) is 4.75. The van der Waals surface area contributed by atoms with Crippen molar-refractivity contribution in [2.75, 3.05) is 18.4 Å². The van der Waals surface area contributed by atoms with E-state index in [9.17, 15) is 0 Å².